The molecule has 174 valence electrons. The van der Waals surface area contributed by atoms with Gasteiger partial charge in [-0.25, -0.2) is 0 Å². The zero-order valence-corrected chi connectivity index (χ0v) is 19.2. The quantitative estimate of drug-likeness (QED) is 0.453. The Labute approximate surface area is 197 Å². The molecule has 2 aromatic heterocycles. The molecule has 0 saturated heterocycles. The first-order valence-electron chi connectivity index (χ1n) is 11.4. The molecule has 0 radical (unpaired) electrons. The summed E-state index contributed by atoms with van der Waals surface area (Å²) in [7, 11) is 0. The number of carbonyl (C=O) groups excluding carboxylic acids is 1. The molecule has 0 fully saturated rings. The first kappa shape index (κ1) is 21.8. The fourth-order valence-corrected chi connectivity index (χ4v) is 4.04. The third kappa shape index (κ3) is 4.68. The zero-order valence-electron chi connectivity index (χ0n) is 19.2. The van der Waals surface area contributed by atoms with Crippen LogP contribution >= 0.6 is 0 Å². The Balaban J connectivity index is 1.29. The Kier molecular flexibility index (Phi) is 6.07. The van der Waals surface area contributed by atoms with Gasteiger partial charge in [0.1, 0.15) is 11.6 Å². The van der Waals surface area contributed by atoms with Crippen molar-refractivity contribution in [3.63, 3.8) is 0 Å². The van der Waals surface area contributed by atoms with Gasteiger partial charge in [-0.15, -0.1) is 10.2 Å². The molecular formula is C25H26N6O3. The highest BCUT2D eigenvalue weighted by molar-refractivity contribution is 6.05. The molecule has 2 aromatic carbocycles. The molecule has 0 saturated carbocycles. The molecule has 34 heavy (non-hydrogen) atoms. The average molecular weight is 459 g/mol. The van der Waals surface area contributed by atoms with Gasteiger partial charge in [-0.3, -0.25) is 4.79 Å². The first-order valence-corrected chi connectivity index (χ1v) is 11.4. The fraction of sp³-hybridized carbons (Fsp3) is 0.320. The third-order valence-corrected chi connectivity index (χ3v) is 5.91. The van der Waals surface area contributed by atoms with Crippen molar-refractivity contribution in [3.8, 4) is 17.1 Å². The van der Waals surface area contributed by atoms with Crippen LogP contribution in [0.4, 0.5) is 5.69 Å². The number of benzene rings is 2. The lowest BCUT2D eigenvalue weighted by Crippen LogP contribution is -2.13. The molecule has 1 N–H and O–H groups in total. The van der Waals surface area contributed by atoms with Gasteiger partial charge < -0.3 is 19.1 Å². The van der Waals surface area contributed by atoms with Gasteiger partial charge in [-0.05, 0) is 55.7 Å². The maximum absolute atomic E-state index is 12.9. The highest BCUT2D eigenvalue weighted by Gasteiger charge is 2.17. The zero-order chi connectivity index (χ0) is 23.5. The summed E-state index contributed by atoms with van der Waals surface area (Å²) in [6, 6.07) is 12.9. The summed E-state index contributed by atoms with van der Waals surface area (Å²) in [6.07, 6.45) is 4.44. The number of hydrogen-bond donors (Lipinski definition) is 1. The Hall–Kier alpha value is -4.01. The number of hydrogen-bond acceptors (Lipinski definition) is 7. The van der Waals surface area contributed by atoms with Crippen molar-refractivity contribution in [3.05, 3.63) is 71.1 Å². The molecule has 5 rings (SSSR count). The van der Waals surface area contributed by atoms with Gasteiger partial charge >= 0.3 is 0 Å². The van der Waals surface area contributed by atoms with E-state index in [2.05, 4.69) is 30.2 Å². The van der Waals surface area contributed by atoms with E-state index in [0.29, 0.717) is 23.0 Å². The summed E-state index contributed by atoms with van der Waals surface area (Å²) < 4.78 is 12.8. The minimum atomic E-state index is -0.194. The van der Waals surface area contributed by atoms with Crippen molar-refractivity contribution >= 4 is 11.6 Å². The second-order valence-electron chi connectivity index (χ2n) is 8.43. The maximum Gasteiger partial charge on any atom is 0.255 e. The topological polar surface area (TPSA) is 108 Å². The van der Waals surface area contributed by atoms with Crippen molar-refractivity contribution in [2.24, 2.45) is 0 Å². The van der Waals surface area contributed by atoms with Crippen LogP contribution in [0.3, 0.4) is 0 Å². The Morgan fingerprint density at radius 2 is 1.94 bits per heavy atom. The van der Waals surface area contributed by atoms with Crippen molar-refractivity contribution in [1.82, 2.24) is 24.9 Å². The van der Waals surface area contributed by atoms with Gasteiger partial charge in [0, 0.05) is 36.7 Å². The number of amides is 1. The number of rotatable bonds is 6. The Morgan fingerprint density at radius 1 is 1.09 bits per heavy atom. The predicted molar refractivity (Wildman–Crippen MR) is 126 cm³/mol. The van der Waals surface area contributed by atoms with E-state index in [-0.39, 0.29) is 12.5 Å². The predicted octanol–water partition coefficient (Wildman–Crippen LogP) is 4.50. The normalized spacial score (nSPS) is 13.2. The fourth-order valence-electron chi connectivity index (χ4n) is 4.04. The highest BCUT2D eigenvalue weighted by atomic mass is 16.5. The molecule has 9 heteroatoms. The van der Waals surface area contributed by atoms with Crippen molar-refractivity contribution in [1.29, 1.82) is 0 Å². The number of carbonyl (C=O) groups is 1. The average Bonchev–Trinajstić information content (AvgIpc) is 3.37. The van der Waals surface area contributed by atoms with Crippen molar-refractivity contribution < 1.29 is 14.1 Å². The lowest BCUT2D eigenvalue weighted by atomic mass is 10.1. The molecule has 4 aromatic rings. The van der Waals surface area contributed by atoms with Crippen molar-refractivity contribution in [2.45, 2.75) is 52.7 Å². The second kappa shape index (κ2) is 9.46. The summed E-state index contributed by atoms with van der Waals surface area (Å²) in [5.41, 5.74) is 3.20. The molecule has 0 aliphatic carbocycles. The summed E-state index contributed by atoms with van der Waals surface area (Å²) in [4.78, 5) is 17.0. The van der Waals surface area contributed by atoms with Gasteiger partial charge in [0.25, 0.3) is 5.91 Å². The van der Waals surface area contributed by atoms with Crippen LogP contribution in [0.25, 0.3) is 11.4 Å². The molecule has 9 nitrogen and oxygen atoms in total. The molecular weight excluding hydrogens is 432 g/mol. The van der Waals surface area contributed by atoms with E-state index < -0.39 is 0 Å². The van der Waals surface area contributed by atoms with Gasteiger partial charge in [0.2, 0.25) is 11.7 Å². The molecule has 0 atom stereocenters. The largest absolute Gasteiger partial charge is 0.485 e. The number of nitrogens with one attached hydrogen (secondary N) is 1. The molecule has 1 amide bonds. The summed E-state index contributed by atoms with van der Waals surface area (Å²) in [6.45, 7) is 4.82. The van der Waals surface area contributed by atoms with Crippen molar-refractivity contribution in [2.75, 3.05) is 5.32 Å². The molecule has 1 aliphatic heterocycles. The van der Waals surface area contributed by atoms with E-state index in [4.69, 9.17) is 9.26 Å². The van der Waals surface area contributed by atoms with E-state index in [1.54, 1.807) is 31.2 Å². The SMILES string of the molecule is Cc1nc(COc2ccc(C(=O)Nc3cc(-c4nnc5n4CCCCC5)ccc3C)cc2)no1. The van der Waals surface area contributed by atoms with E-state index >= 15 is 0 Å². The molecule has 0 spiro atoms. The van der Waals surface area contributed by atoms with Gasteiger partial charge in [0.15, 0.2) is 12.4 Å². The van der Waals surface area contributed by atoms with Crippen LogP contribution in [0.5, 0.6) is 5.75 Å². The monoisotopic (exact) mass is 458 g/mol. The standard InChI is InChI=1S/C25H26N6O3/c1-16-7-8-19(24-29-28-23-6-4-3-5-13-31(23)24)14-21(16)27-25(32)18-9-11-20(12-10-18)33-15-22-26-17(2)34-30-22/h7-12,14H,3-6,13,15H2,1-2H3,(H,27,32). The Bertz CT molecular complexity index is 1310. The number of nitrogens with zero attached hydrogens (tertiary/aromatic N) is 5. The van der Waals surface area contributed by atoms with E-state index in [9.17, 15) is 4.79 Å². The molecule has 0 bridgehead atoms. The number of aryl methyl sites for hydroxylation is 3. The van der Waals surface area contributed by atoms with E-state index in [1.807, 2.05) is 25.1 Å². The van der Waals surface area contributed by atoms with E-state index in [0.717, 1.165) is 54.3 Å². The van der Waals surface area contributed by atoms with Crippen LogP contribution in [0, 0.1) is 13.8 Å². The summed E-state index contributed by atoms with van der Waals surface area (Å²) in [5.74, 6) is 3.27. The maximum atomic E-state index is 12.9. The van der Waals surface area contributed by atoms with Gasteiger partial charge in [0.05, 0.1) is 0 Å². The number of aromatic nitrogens is 5. The van der Waals surface area contributed by atoms with Crippen LogP contribution in [0.1, 0.15) is 52.7 Å². The Morgan fingerprint density at radius 3 is 2.74 bits per heavy atom. The van der Waals surface area contributed by atoms with Crippen LogP contribution in [-0.2, 0) is 19.6 Å². The third-order valence-electron chi connectivity index (χ3n) is 5.91. The highest BCUT2D eigenvalue weighted by Crippen LogP contribution is 2.27. The molecule has 0 unspecified atom stereocenters. The van der Waals surface area contributed by atoms with Crippen LogP contribution < -0.4 is 10.1 Å². The number of fused-ring (bicyclic) bond motifs is 1. The van der Waals surface area contributed by atoms with E-state index in [1.165, 1.54) is 6.42 Å². The lowest BCUT2D eigenvalue weighted by molar-refractivity contribution is 0.102. The summed E-state index contributed by atoms with van der Waals surface area (Å²) >= 11 is 0. The van der Waals surface area contributed by atoms with Gasteiger partial charge in [-0.2, -0.15) is 4.98 Å². The minimum Gasteiger partial charge on any atom is -0.485 e. The number of anilines is 1. The minimum absolute atomic E-state index is 0.194. The molecule has 3 heterocycles. The van der Waals surface area contributed by atoms with Crippen LogP contribution in [0.15, 0.2) is 47.0 Å². The smallest absolute Gasteiger partial charge is 0.255 e. The van der Waals surface area contributed by atoms with Gasteiger partial charge in [-0.1, -0.05) is 23.7 Å². The second-order valence-corrected chi connectivity index (χ2v) is 8.43. The number of ether oxygens (including phenoxy) is 1. The lowest BCUT2D eigenvalue weighted by Gasteiger charge is -2.12. The van der Waals surface area contributed by atoms with Crippen LogP contribution in [-0.4, -0.2) is 30.8 Å². The first-order chi connectivity index (χ1) is 16.6. The summed E-state index contributed by atoms with van der Waals surface area (Å²) in [5, 5.41) is 15.7. The molecule has 1 aliphatic rings. The van der Waals surface area contributed by atoms with Crippen LogP contribution in [0.2, 0.25) is 0 Å².